The van der Waals surface area contributed by atoms with Crippen LogP contribution in [0.3, 0.4) is 0 Å². The van der Waals surface area contributed by atoms with E-state index in [1.54, 1.807) is 13.2 Å². The van der Waals surface area contributed by atoms with E-state index in [1.165, 1.54) is 62.4 Å². The first-order valence-electron chi connectivity index (χ1n) is 10.6. The van der Waals surface area contributed by atoms with Gasteiger partial charge in [0.05, 0.1) is 12.7 Å². The van der Waals surface area contributed by atoms with Crippen LogP contribution in [0, 0.1) is 17.8 Å². The number of nitrogens with zero attached hydrogens (tertiary/aromatic N) is 1. The standard InChI is InChI=1S/C24H26N2O4/c1-30-20-4-2-17(22(27)26-21-5-3-18(13-25-21)23(28)29)9-19(20)24-10-14-6-15(11-24)8-16(7-14)12-24/h2-5,9,13-16H,6-8,10-12H2,1H3,(H,28,29)(H,25,26,27). The van der Waals surface area contributed by atoms with Crippen LogP contribution in [0.4, 0.5) is 5.82 Å². The van der Waals surface area contributed by atoms with Gasteiger partial charge in [-0.15, -0.1) is 0 Å². The fourth-order valence-electron chi connectivity index (χ4n) is 6.49. The molecule has 2 N–H and O–H groups in total. The fourth-order valence-corrected chi connectivity index (χ4v) is 6.49. The number of ether oxygens (including phenoxy) is 1. The van der Waals surface area contributed by atoms with Gasteiger partial charge in [0.1, 0.15) is 11.6 Å². The van der Waals surface area contributed by atoms with Crippen molar-refractivity contribution in [1.29, 1.82) is 0 Å². The summed E-state index contributed by atoms with van der Waals surface area (Å²) in [6, 6.07) is 8.63. The molecule has 1 aromatic heterocycles. The molecule has 156 valence electrons. The molecule has 0 spiro atoms. The number of carbonyl (C=O) groups excluding carboxylic acids is 1. The van der Waals surface area contributed by atoms with E-state index in [9.17, 15) is 9.59 Å². The summed E-state index contributed by atoms with van der Waals surface area (Å²) in [5.41, 5.74) is 1.95. The molecule has 1 aromatic carbocycles. The van der Waals surface area contributed by atoms with Crippen LogP contribution in [-0.2, 0) is 5.41 Å². The average molecular weight is 406 g/mol. The summed E-state index contributed by atoms with van der Waals surface area (Å²) < 4.78 is 5.72. The number of aromatic nitrogens is 1. The predicted molar refractivity (Wildman–Crippen MR) is 112 cm³/mol. The normalized spacial score (nSPS) is 28.9. The Hall–Kier alpha value is -2.89. The second kappa shape index (κ2) is 7.11. The number of anilines is 1. The van der Waals surface area contributed by atoms with Crippen LogP contribution in [0.25, 0.3) is 0 Å². The molecule has 0 aliphatic heterocycles. The van der Waals surface area contributed by atoms with Gasteiger partial charge in [0, 0.05) is 17.3 Å². The highest BCUT2D eigenvalue weighted by molar-refractivity contribution is 6.04. The topological polar surface area (TPSA) is 88.5 Å². The second-order valence-electron chi connectivity index (χ2n) is 9.30. The first-order chi connectivity index (χ1) is 14.5. The Kier molecular flexibility index (Phi) is 4.53. The maximum absolute atomic E-state index is 12.9. The van der Waals surface area contributed by atoms with Crippen molar-refractivity contribution in [2.45, 2.75) is 43.9 Å². The number of carbonyl (C=O) groups is 2. The molecule has 4 bridgehead atoms. The molecule has 4 aliphatic rings. The Balaban J connectivity index is 1.43. The highest BCUT2D eigenvalue weighted by atomic mass is 16.5. The third-order valence-electron chi connectivity index (χ3n) is 7.32. The van der Waals surface area contributed by atoms with Gasteiger partial charge in [-0.2, -0.15) is 0 Å². The number of nitrogens with one attached hydrogen (secondary N) is 1. The number of methoxy groups -OCH3 is 1. The van der Waals surface area contributed by atoms with Gasteiger partial charge in [-0.3, -0.25) is 4.79 Å². The summed E-state index contributed by atoms with van der Waals surface area (Å²) in [6.07, 6.45) is 8.90. The highest BCUT2D eigenvalue weighted by Crippen LogP contribution is 2.61. The quantitative estimate of drug-likeness (QED) is 0.763. The molecule has 0 radical (unpaired) electrons. The van der Waals surface area contributed by atoms with E-state index in [0.29, 0.717) is 11.4 Å². The lowest BCUT2D eigenvalue weighted by Crippen LogP contribution is -2.48. The molecule has 6 nitrogen and oxygen atoms in total. The van der Waals surface area contributed by atoms with Crippen molar-refractivity contribution in [2.75, 3.05) is 12.4 Å². The van der Waals surface area contributed by atoms with Crippen LogP contribution in [0.15, 0.2) is 36.5 Å². The molecule has 4 saturated carbocycles. The number of amides is 1. The van der Waals surface area contributed by atoms with Crippen molar-refractivity contribution in [3.8, 4) is 5.75 Å². The molecular weight excluding hydrogens is 380 g/mol. The monoisotopic (exact) mass is 406 g/mol. The number of pyridine rings is 1. The van der Waals surface area contributed by atoms with Gasteiger partial charge in [0.2, 0.25) is 0 Å². The Morgan fingerprint density at radius 2 is 1.67 bits per heavy atom. The molecule has 6 heteroatoms. The summed E-state index contributed by atoms with van der Waals surface area (Å²) in [5.74, 6) is 2.31. The van der Waals surface area contributed by atoms with Crippen molar-refractivity contribution in [1.82, 2.24) is 4.98 Å². The average Bonchev–Trinajstić information content (AvgIpc) is 2.72. The Morgan fingerprint density at radius 1 is 1.03 bits per heavy atom. The van der Waals surface area contributed by atoms with Crippen molar-refractivity contribution >= 4 is 17.7 Å². The third kappa shape index (κ3) is 3.24. The maximum atomic E-state index is 12.9. The zero-order valence-corrected chi connectivity index (χ0v) is 17.1. The second-order valence-corrected chi connectivity index (χ2v) is 9.30. The third-order valence-corrected chi connectivity index (χ3v) is 7.32. The van der Waals surface area contributed by atoms with Crippen LogP contribution >= 0.6 is 0 Å². The number of carboxylic acid groups (broad SMARTS) is 1. The van der Waals surface area contributed by atoms with E-state index in [4.69, 9.17) is 9.84 Å². The van der Waals surface area contributed by atoms with E-state index in [2.05, 4.69) is 10.3 Å². The molecular formula is C24H26N2O4. The van der Waals surface area contributed by atoms with Gasteiger partial charge in [-0.25, -0.2) is 9.78 Å². The smallest absolute Gasteiger partial charge is 0.337 e. The zero-order valence-electron chi connectivity index (χ0n) is 17.1. The molecule has 1 heterocycles. The number of aromatic carboxylic acids is 1. The molecule has 4 aliphatic carbocycles. The first kappa shape index (κ1) is 19.1. The van der Waals surface area contributed by atoms with E-state index in [-0.39, 0.29) is 16.9 Å². The molecule has 2 aromatic rings. The Morgan fingerprint density at radius 3 is 2.20 bits per heavy atom. The molecule has 6 rings (SSSR count). The van der Waals surface area contributed by atoms with Crippen molar-refractivity contribution in [3.05, 3.63) is 53.2 Å². The number of hydrogen-bond acceptors (Lipinski definition) is 4. The minimum absolute atomic E-state index is 0.0848. The van der Waals surface area contributed by atoms with Gasteiger partial charge >= 0.3 is 5.97 Å². The van der Waals surface area contributed by atoms with Gasteiger partial charge in [-0.05, 0) is 92.0 Å². The van der Waals surface area contributed by atoms with E-state index in [1.807, 2.05) is 12.1 Å². The van der Waals surface area contributed by atoms with Gasteiger partial charge in [0.25, 0.3) is 5.91 Å². The molecule has 30 heavy (non-hydrogen) atoms. The predicted octanol–water partition coefficient (Wildman–Crippen LogP) is 4.51. The van der Waals surface area contributed by atoms with Crippen LogP contribution in [-0.4, -0.2) is 29.1 Å². The lowest BCUT2D eigenvalue weighted by Gasteiger charge is -2.57. The van der Waals surface area contributed by atoms with Gasteiger partial charge < -0.3 is 15.2 Å². The summed E-state index contributed by atoms with van der Waals surface area (Å²) in [7, 11) is 1.70. The summed E-state index contributed by atoms with van der Waals surface area (Å²) in [4.78, 5) is 27.9. The lowest BCUT2D eigenvalue weighted by atomic mass is 9.48. The SMILES string of the molecule is COc1ccc(C(=O)Nc2ccc(C(=O)O)cn2)cc1C12CC3CC(CC(C3)C1)C2. The summed E-state index contributed by atoms with van der Waals surface area (Å²) >= 11 is 0. The zero-order chi connectivity index (χ0) is 20.9. The fraction of sp³-hybridized carbons (Fsp3) is 0.458. The highest BCUT2D eigenvalue weighted by Gasteiger charge is 2.52. The molecule has 0 atom stereocenters. The number of hydrogen-bond donors (Lipinski definition) is 2. The maximum Gasteiger partial charge on any atom is 0.337 e. The summed E-state index contributed by atoms with van der Waals surface area (Å²) in [6.45, 7) is 0. The van der Waals surface area contributed by atoms with Crippen LogP contribution in [0.2, 0.25) is 0 Å². The molecule has 0 saturated heterocycles. The molecule has 4 fully saturated rings. The van der Waals surface area contributed by atoms with Crippen LogP contribution < -0.4 is 10.1 Å². The van der Waals surface area contributed by atoms with Gasteiger partial charge in [0.15, 0.2) is 0 Å². The van der Waals surface area contributed by atoms with Gasteiger partial charge in [-0.1, -0.05) is 0 Å². The van der Waals surface area contributed by atoms with E-state index < -0.39 is 5.97 Å². The summed E-state index contributed by atoms with van der Waals surface area (Å²) in [5, 5.41) is 11.8. The van der Waals surface area contributed by atoms with E-state index in [0.717, 1.165) is 23.5 Å². The Bertz CT molecular complexity index is 963. The molecule has 0 unspecified atom stereocenters. The number of benzene rings is 1. The Labute approximate surface area is 175 Å². The number of rotatable bonds is 5. The lowest BCUT2D eigenvalue weighted by molar-refractivity contribution is -0.00617. The van der Waals surface area contributed by atoms with Crippen LogP contribution in [0.1, 0.15) is 64.8 Å². The van der Waals surface area contributed by atoms with E-state index >= 15 is 0 Å². The molecule has 1 amide bonds. The minimum Gasteiger partial charge on any atom is -0.496 e. The minimum atomic E-state index is -1.05. The van der Waals surface area contributed by atoms with Crippen molar-refractivity contribution in [2.24, 2.45) is 17.8 Å². The van der Waals surface area contributed by atoms with Crippen LogP contribution in [0.5, 0.6) is 5.75 Å². The largest absolute Gasteiger partial charge is 0.496 e. The van der Waals surface area contributed by atoms with Crippen molar-refractivity contribution < 1.29 is 19.4 Å². The first-order valence-corrected chi connectivity index (χ1v) is 10.6. The van der Waals surface area contributed by atoms with Crippen molar-refractivity contribution in [3.63, 3.8) is 0 Å². The number of carboxylic acids is 1.